The van der Waals surface area contributed by atoms with Gasteiger partial charge in [0, 0.05) is 16.1 Å². The number of hydrogen-bond donors (Lipinski definition) is 0. The SMILES string of the molecule is COc1cc(-c2nnc(CSc3nnc(-c4ccc(Cl)cc4)o3)o2)cc(OC)c1OC. The molecule has 11 heteroatoms. The predicted octanol–water partition coefficient (Wildman–Crippen LogP) is 4.76. The molecule has 4 rings (SSSR count). The Morgan fingerprint density at radius 2 is 1.45 bits per heavy atom. The zero-order chi connectivity index (χ0) is 21.8. The Morgan fingerprint density at radius 3 is 2.10 bits per heavy atom. The van der Waals surface area contributed by atoms with E-state index < -0.39 is 0 Å². The van der Waals surface area contributed by atoms with E-state index in [-0.39, 0.29) is 0 Å². The molecule has 0 N–H and O–H groups in total. The first-order valence-electron chi connectivity index (χ1n) is 8.96. The van der Waals surface area contributed by atoms with Gasteiger partial charge in [-0.1, -0.05) is 23.4 Å². The van der Waals surface area contributed by atoms with E-state index in [1.807, 2.05) is 12.1 Å². The second-order valence-corrected chi connectivity index (χ2v) is 7.45. The monoisotopic (exact) mass is 460 g/mol. The van der Waals surface area contributed by atoms with E-state index in [0.29, 0.717) is 56.5 Å². The molecule has 0 fully saturated rings. The van der Waals surface area contributed by atoms with Gasteiger partial charge in [-0.3, -0.25) is 0 Å². The molecule has 0 atom stereocenters. The Balaban J connectivity index is 1.47. The Hall–Kier alpha value is -3.24. The topological polar surface area (TPSA) is 106 Å². The van der Waals surface area contributed by atoms with Gasteiger partial charge >= 0.3 is 0 Å². The van der Waals surface area contributed by atoms with Gasteiger partial charge in [0.15, 0.2) is 11.5 Å². The van der Waals surface area contributed by atoms with Crippen molar-refractivity contribution >= 4 is 23.4 Å². The van der Waals surface area contributed by atoms with Gasteiger partial charge < -0.3 is 23.0 Å². The van der Waals surface area contributed by atoms with Gasteiger partial charge in [0.1, 0.15) is 0 Å². The molecule has 0 amide bonds. The molecule has 0 aliphatic carbocycles. The Bertz CT molecular complexity index is 1150. The highest BCUT2D eigenvalue weighted by Crippen LogP contribution is 2.41. The summed E-state index contributed by atoms with van der Waals surface area (Å²) in [6, 6.07) is 10.6. The van der Waals surface area contributed by atoms with Crippen LogP contribution >= 0.6 is 23.4 Å². The molecule has 0 bridgehead atoms. The molecule has 31 heavy (non-hydrogen) atoms. The van der Waals surface area contributed by atoms with Gasteiger partial charge in [0.2, 0.25) is 23.4 Å². The van der Waals surface area contributed by atoms with Crippen LogP contribution in [0.5, 0.6) is 17.2 Å². The molecule has 2 aromatic carbocycles. The minimum Gasteiger partial charge on any atom is -0.493 e. The van der Waals surface area contributed by atoms with Crippen molar-refractivity contribution < 1.29 is 23.0 Å². The van der Waals surface area contributed by atoms with E-state index in [2.05, 4.69) is 20.4 Å². The molecule has 9 nitrogen and oxygen atoms in total. The maximum Gasteiger partial charge on any atom is 0.277 e. The van der Waals surface area contributed by atoms with Gasteiger partial charge in [-0.2, -0.15) is 0 Å². The number of benzene rings is 2. The highest BCUT2D eigenvalue weighted by Gasteiger charge is 2.18. The fourth-order valence-electron chi connectivity index (χ4n) is 2.73. The second kappa shape index (κ2) is 9.27. The predicted molar refractivity (Wildman–Crippen MR) is 114 cm³/mol. The third kappa shape index (κ3) is 4.59. The fourth-order valence-corrected chi connectivity index (χ4v) is 3.46. The lowest BCUT2D eigenvalue weighted by atomic mass is 10.2. The van der Waals surface area contributed by atoms with Gasteiger partial charge in [-0.15, -0.1) is 20.4 Å². The van der Waals surface area contributed by atoms with E-state index in [4.69, 9.17) is 34.6 Å². The van der Waals surface area contributed by atoms with E-state index in [1.54, 1.807) is 38.5 Å². The molecule has 4 aromatic rings. The number of rotatable bonds is 8. The third-order valence-corrected chi connectivity index (χ3v) is 5.25. The molecule has 0 unspecified atom stereocenters. The van der Waals surface area contributed by atoms with E-state index in [9.17, 15) is 0 Å². The lowest BCUT2D eigenvalue weighted by Gasteiger charge is -2.12. The zero-order valence-corrected chi connectivity index (χ0v) is 18.4. The van der Waals surface area contributed by atoms with Crippen LogP contribution in [0.25, 0.3) is 22.9 Å². The number of halogens is 1. The van der Waals surface area contributed by atoms with Crippen LogP contribution in [0.1, 0.15) is 5.89 Å². The van der Waals surface area contributed by atoms with Gasteiger partial charge in [-0.25, -0.2) is 0 Å². The van der Waals surface area contributed by atoms with E-state index in [0.717, 1.165) is 5.56 Å². The normalized spacial score (nSPS) is 10.8. The maximum absolute atomic E-state index is 5.90. The number of thioether (sulfide) groups is 1. The molecule has 2 heterocycles. The average molecular weight is 461 g/mol. The molecule has 0 saturated heterocycles. The quantitative estimate of drug-likeness (QED) is 0.341. The van der Waals surface area contributed by atoms with Crippen molar-refractivity contribution in [3.63, 3.8) is 0 Å². The number of hydrogen-bond acceptors (Lipinski definition) is 10. The molecule has 0 saturated carbocycles. The smallest absolute Gasteiger partial charge is 0.277 e. The number of methoxy groups -OCH3 is 3. The first kappa shape index (κ1) is 21.0. The Kier molecular flexibility index (Phi) is 6.28. The van der Waals surface area contributed by atoms with E-state index in [1.165, 1.54) is 18.9 Å². The number of ether oxygens (including phenoxy) is 3. The van der Waals surface area contributed by atoms with Crippen molar-refractivity contribution in [2.75, 3.05) is 21.3 Å². The molecule has 2 aromatic heterocycles. The molecule has 0 aliphatic rings. The zero-order valence-electron chi connectivity index (χ0n) is 16.8. The lowest BCUT2D eigenvalue weighted by molar-refractivity contribution is 0.324. The summed E-state index contributed by atoms with van der Waals surface area (Å²) >= 11 is 7.19. The highest BCUT2D eigenvalue weighted by atomic mass is 35.5. The summed E-state index contributed by atoms with van der Waals surface area (Å²) in [5.41, 5.74) is 1.42. The van der Waals surface area contributed by atoms with E-state index >= 15 is 0 Å². The third-order valence-electron chi connectivity index (χ3n) is 4.20. The lowest BCUT2D eigenvalue weighted by Crippen LogP contribution is -1.95. The van der Waals surface area contributed by atoms with Gasteiger partial charge in [0.25, 0.3) is 5.22 Å². The summed E-state index contributed by atoms with van der Waals surface area (Å²) in [6.07, 6.45) is 0. The van der Waals surface area contributed by atoms with Gasteiger partial charge in [-0.05, 0) is 36.4 Å². The fraction of sp³-hybridized carbons (Fsp3) is 0.200. The first-order valence-corrected chi connectivity index (χ1v) is 10.3. The summed E-state index contributed by atoms with van der Waals surface area (Å²) in [5, 5.41) is 17.3. The van der Waals surface area contributed by atoms with Crippen LogP contribution < -0.4 is 14.2 Å². The minimum absolute atomic E-state index is 0.322. The largest absolute Gasteiger partial charge is 0.493 e. The van der Waals surface area contributed by atoms with Crippen molar-refractivity contribution in [2.45, 2.75) is 11.0 Å². The minimum atomic E-state index is 0.322. The Morgan fingerprint density at radius 1 is 0.806 bits per heavy atom. The summed E-state index contributed by atoms with van der Waals surface area (Å²) in [6.45, 7) is 0. The van der Waals surface area contributed by atoms with Crippen LogP contribution in [0.4, 0.5) is 0 Å². The molecule has 160 valence electrons. The summed E-state index contributed by atoms with van der Waals surface area (Å²) in [7, 11) is 4.62. The number of aromatic nitrogens is 4. The van der Waals surface area contributed by atoms with Crippen molar-refractivity contribution in [3.05, 3.63) is 47.3 Å². The average Bonchev–Trinajstić information content (AvgIpc) is 3.47. The molecular weight excluding hydrogens is 444 g/mol. The second-order valence-electron chi connectivity index (χ2n) is 6.08. The van der Waals surface area contributed by atoms with Crippen molar-refractivity contribution in [2.24, 2.45) is 0 Å². The maximum atomic E-state index is 5.90. The van der Waals surface area contributed by atoms with Crippen molar-refractivity contribution in [1.29, 1.82) is 0 Å². The van der Waals surface area contributed by atoms with Crippen molar-refractivity contribution in [1.82, 2.24) is 20.4 Å². The van der Waals surface area contributed by atoms with Crippen LogP contribution in [0, 0.1) is 0 Å². The van der Waals surface area contributed by atoms with Gasteiger partial charge in [0.05, 0.1) is 27.1 Å². The standard InChI is InChI=1S/C20H17ClN4O5S/c1-26-14-8-12(9-15(27-2)17(14)28-3)19-23-22-16(29-19)10-31-20-25-24-18(30-20)11-4-6-13(21)7-5-11/h4-9H,10H2,1-3H3. The number of nitrogens with zero attached hydrogens (tertiary/aromatic N) is 4. The molecule has 0 radical (unpaired) electrons. The Labute approximate surface area is 186 Å². The van der Waals surface area contributed by atoms with Crippen LogP contribution in [0.3, 0.4) is 0 Å². The summed E-state index contributed by atoms with van der Waals surface area (Å²) in [4.78, 5) is 0. The van der Waals surface area contributed by atoms with Crippen LogP contribution in [-0.2, 0) is 5.75 Å². The molecule has 0 spiro atoms. The summed E-state index contributed by atoms with van der Waals surface area (Å²) < 4.78 is 27.5. The highest BCUT2D eigenvalue weighted by molar-refractivity contribution is 7.98. The van der Waals surface area contributed by atoms with Crippen LogP contribution in [0.2, 0.25) is 5.02 Å². The summed E-state index contributed by atoms with van der Waals surface area (Å²) in [5.74, 6) is 2.96. The molecular formula is C20H17ClN4O5S. The van der Waals surface area contributed by atoms with Crippen LogP contribution in [0.15, 0.2) is 50.5 Å². The van der Waals surface area contributed by atoms with Crippen LogP contribution in [-0.4, -0.2) is 41.7 Å². The van der Waals surface area contributed by atoms with Crippen molar-refractivity contribution in [3.8, 4) is 40.2 Å². The first-order chi connectivity index (χ1) is 15.1. The molecule has 0 aliphatic heterocycles.